The number of fused-ring (bicyclic) bond motifs is 2. The van der Waals surface area contributed by atoms with Gasteiger partial charge in [0.25, 0.3) is 6.01 Å². The van der Waals surface area contributed by atoms with Crippen molar-refractivity contribution in [3.8, 4) is 0 Å². The third-order valence-corrected chi connectivity index (χ3v) is 3.36. The molecule has 0 atom stereocenters. The smallest absolute Gasteiger partial charge is 0.292 e. The summed E-state index contributed by atoms with van der Waals surface area (Å²) in [6.07, 6.45) is 4.85. The van der Waals surface area contributed by atoms with Crippen molar-refractivity contribution in [2.24, 2.45) is 0 Å². The topological polar surface area (TPSA) is 88.8 Å². The third kappa shape index (κ3) is 2.91. The SMILES string of the molecule is N=C1CCCc2cccnc21.Nc1nc2ccccc2o1.[HH]. The van der Waals surface area contributed by atoms with Crippen LogP contribution in [0.1, 0.15) is 25.5 Å². The highest BCUT2D eigenvalue weighted by atomic mass is 16.4. The van der Waals surface area contributed by atoms with Gasteiger partial charge in [-0.15, -0.1) is 0 Å². The van der Waals surface area contributed by atoms with E-state index in [0.29, 0.717) is 5.71 Å². The van der Waals surface area contributed by atoms with Crippen molar-refractivity contribution in [2.75, 3.05) is 5.73 Å². The van der Waals surface area contributed by atoms with Crippen LogP contribution < -0.4 is 5.73 Å². The number of rotatable bonds is 0. The second-order valence-corrected chi connectivity index (χ2v) is 4.86. The highest BCUT2D eigenvalue weighted by Gasteiger charge is 2.13. The Morgan fingerprint density at radius 2 is 2.00 bits per heavy atom. The van der Waals surface area contributed by atoms with Gasteiger partial charge in [-0.1, -0.05) is 18.2 Å². The van der Waals surface area contributed by atoms with Crippen molar-refractivity contribution in [2.45, 2.75) is 19.3 Å². The second-order valence-electron chi connectivity index (χ2n) is 4.86. The van der Waals surface area contributed by atoms with Gasteiger partial charge < -0.3 is 15.6 Å². The van der Waals surface area contributed by atoms with Gasteiger partial charge in [0.15, 0.2) is 5.58 Å². The molecule has 5 nitrogen and oxygen atoms in total. The number of nitrogens with one attached hydrogen (secondary N) is 1. The van der Waals surface area contributed by atoms with E-state index in [1.165, 1.54) is 5.56 Å². The fraction of sp³-hybridized carbons (Fsp3) is 0.188. The standard InChI is InChI=1S/C9H10N2.C7H6N2O.H2/c10-8-5-1-3-7-4-2-6-11-9(7)8;8-7-9-5-3-1-2-4-6(5)10-7;/h2,4,6,10H,1,3,5H2;1-4H,(H2,8,9);1H. The van der Waals surface area contributed by atoms with E-state index in [2.05, 4.69) is 16.0 Å². The Balaban J connectivity index is 0.000000154. The number of anilines is 1. The first-order valence-electron chi connectivity index (χ1n) is 6.87. The van der Waals surface area contributed by atoms with Crippen molar-refractivity contribution in [3.05, 3.63) is 53.9 Å². The Bertz CT molecular complexity index is 751. The zero-order valence-electron chi connectivity index (χ0n) is 11.5. The summed E-state index contributed by atoms with van der Waals surface area (Å²) in [5.74, 6) is 0. The van der Waals surface area contributed by atoms with Gasteiger partial charge in [0, 0.05) is 7.62 Å². The van der Waals surface area contributed by atoms with E-state index in [1.807, 2.05) is 30.3 Å². The predicted octanol–water partition coefficient (Wildman–Crippen LogP) is 3.44. The first kappa shape index (κ1) is 13.3. The molecule has 0 saturated carbocycles. The van der Waals surface area contributed by atoms with E-state index >= 15 is 0 Å². The number of nitrogens with zero attached hydrogens (tertiary/aromatic N) is 2. The number of aryl methyl sites for hydroxylation is 1. The summed E-state index contributed by atoms with van der Waals surface area (Å²) < 4.78 is 5.03. The molecule has 0 unspecified atom stereocenters. The van der Waals surface area contributed by atoms with Crippen LogP contribution in [0.5, 0.6) is 0 Å². The molecule has 0 spiro atoms. The van der Waals surface area contributed by atoms with Crippen LogP contribution >= 0.6 is 0 Å². The van der Waals surface area contributed by atoms with Gasteiger partial charge in [-0.3, -0.25) is 4.98 Å². The molecule has 0 amide bonds. The van der Waals surface area contributed by atoms with E-state index in [-0.39, 0.29) is 7.44 Å². The van der Waals surface area contributed by atoms with Gasteiger partial charge in [0.05, 0.1) is 11.4 Å². The minimum atomic E-state index is 0. The lowest BCUT2D eigenvalue weighted by Gasteiger charge is -2.14. The van der Waals surface area contributed by atoms with E-state index in [1.54, 1.807) is 6.20 Å². The zero-order valence-corrected chi connectivity index (χ0v) is 11.5. The molecule has 1 aromatic carbocycles. The molecule has 21 heavy (non-hydrogen) atoms. The molecule has 3 N–H and O–H groups in total. The number of hydrogen-bond donors (Lipinski definition) is 2. The molecule has 2 aromatic heterocycles. The second kappa shape index (κ2) is 5.75. The Hall–Kier alpha value is -2.69. The number of benzene rings is 1. The molecule has 108 valence electrons. The first-order chi connectivity index (χ1) is 10.2. The molecular weight excluding hydrogens is 264 g/mol. The molecule has 1 aliphatic rings. The van der Waals surface area contributed by atoms with Crippen molar-refractivity contribution in [3.63, 3.8) is 0 Å². The zero-order chi connectivity index (χ0) is 14.7. The molecule has 5 heteroatoms. The van der Waals surface area contributed by atoms with Crippen molar-refractivity contribution >= 4 is 22.8 Å². The molecule has 4 rings (SSSR count). The Labute approximate surface area is 123 Å². The maximum Gasteiger partial charge on any atom is 0.292 e. The van der Waals surface area contributed by atoms with Gasteiger partial charge in [-0.05, 0) is 43.0 Å². The van der Waals surface area contributed by atoms with Crippen LogP contribution in [-0.4, -0.2) is 15.7 Å². The summed E-state index contributed by atoms with van der Waals surface area (Å²) in [6, 6.07) is 11.7. The molecule has 3 aromatic rings. The first-order valence-corrected chi connectivity index (χ1v) is 6.87. The third-order valence-electron chi connectivity index (χ3n) is 3.36. The number of aromatic nitrogens is 2. The van der Waals surface area contributed by atoms with Gasteiger partial charge in [-0.25, -0.2) is 0 Å². The van der Waals surface area contributed by atoms with Crippen LogP contribution in [0.15, 0.2) is 47.0 Å². The maximum atomic E-state index is 7.61. The van der Waals surface area contributed by atoms with Crippen LogP contribution in [0.25, 0.3) is 11.1 Å². The number of oxazole rings is 1. The van der Waals surface area contributed by atoms with Crippen LogP contribution in [-0.2, 0) is 6.42 Å². The summed E-state index contributed by atoms with van der Waals surface area (Å²) in [5.41, 5.74) is 9.71. The Morgan fingerprint density at radius 1 is 1.14 bits per heavy atom. The minimum Gasteiger partial charge on any atom is -0.424 e. The predicted molar refractivity (Wildman–Crippen MR) is 84.5 cm³/mol. The molecule has 0 aliphatic heterocycles. The van der Waals surface area contributed by atoms with Gasteiger partial charge in [-0.2, -0.15) is 4.98 Å². The monoisotopic (exact) mass is 282 g/mol. The largest absolute Gasteiger partial charge is 0.424 e. The van der Waals surface area contributed by atoms with Crippen molar-refractivity contribution < 1.29 is 5.84 Å². The fourth-order valence-corrected chi connectivity index (χ4v) is 2.38. The van der Waals surface area contributed by atoms with Crippen LogP contribution in [0, 0.1) is 5.41 Å². The van der Waals surface area contributed by atoms with Gasteiger partial charge in [0.1, 0.15) is 5.52 Å². The lowest BCUT2D eigenvalue weighted by atomic mass is 9.95. The molecule has 0 bridgehead atoms. The summed E-state index contributed by atoms with van der Waals surface area (Å²) in [7, 11) is 0. The quantitative estimate of drug-likeness (QED) is 0.661. The highest BCUT2D eigenvalue weighted by Crippen LogP contribution is 2.17. The lowest BCUT2D eigenvalue weighted by molar-refractivity contribution is 0.626. The van der Waals surface area contributed by atoms with Crippen LogP contribution in [0.2, 0.25) is 0 Å². The summed E-state index contributed by atoms with van der Waals surface area (Å²) in [5, 5.41) is 7.61. The Morgan fingerprint density at radius 3 is 2.81 bits per heavy atom. The fourth-order valence-electron chi connectivity index (χ4n) is 2.38. The van der Waals surface area contributed by atoms with Crippen molar-refractivity contribution in [1.29, 1.82) is 5.41 Å². The average molecular weight is 282 g/mol. The van der Waals surface area contributed by atoms with Crippen LogP contribution in [0.3, 0.4) is 0 Å². The van der Waals surface area contributed by atoms with E-state index in [4.69, 9.17) is 15.6 Å². The number of pyridine rings is 1. The van der Waals surface area contributed by atoms with E-state index in [0.717, 1.165) is 36.1 Å². The average Bonchev–Trinajstić information content (AvgIpc) is 2.88. The molecule has 0 radical (unpaired) electrons. The molecular formula is C16H18N4O. The highest BCUT2D eigenvalue weighted by molar-refractivity contribution is 5.98. The number of hydrogen-bond acceptors (Lipinski definition) is 5. The summed E-state index contributed by atoms with van der Waals surface area (Å²) >= 11 is 0. The maximum absolute atomic E-state index is 7.61. The number of para-hydroxylation sites is 2. The van der Waals surface area contributed by atoms with E-state index < -0.39 is 0 Å². The van der Waals surface area contributed by atoms with Gasteiger partial charge in [0.2, 0.25) is 0 Å². The minimum absolute atomic E-state index is 0. The Kier molecular flexibility index (Phi) is 3.64. The van der Waals surface area contributed by atoms with Gasteiger partial charge >= 0.3 is 0 Å². The van der Waals surface area contributed by atoms with E-state index in [9.17, 15) is 0 Å². The van der Waals surface area contributed by atoms with Crippen molar-refractivity contribution in [1.82, 2.24) is 9.97 Å². The molecule has 2 heterocycles. The molecule has 1 aliphatic carbocycles. The summed E-state index contributed by atoms with van der Waals surface area (Å²) in [6.45, 7) is 0. The normalized spacial score (nSPS) is 13.4. The number of nitrogen functional groups attached to an aromatic ring is 1. The molecule has 0 saturated heterocycles. The molecule has 0 fully saturated rings. The summed E-state index contributed by atoms with van der Waals surface area (Å²) in [4.78, 5) is 8.10. The lowest BCUT2D eigenvalue weighted by Crippen LogP contribution is -2.12. The van der Waals surface area contributed by atoms with Crippen LogP contribution in [0.4, 0.5) is 6.01 Å². The number of nitrogens with two attached hydrogens (primary N) is 1.